The van der Waals surface area contributed by atoms with E-state index in [0.29, 0.717) is 12.5 Å². The highest BCUT2D eigenvalue weighted by molar-refractivity contribution is 5.78. The van der Waals surface area contributed by atoms with Crippen LogP contribution in [0.4, 0.5) is 0 Å². The molecule has 5 heteroatoms. The number of furan rings is 1. The van der Waals surface area contributed by atoms with Crippen molar-refractivity contribution in [2.75, 3.05) is 14.1 Å². The second kappa shape index (κ2) is 4.66. The molecule has 0 aliphatic carbocycles. The van der Waals surface area contributed by atoms with E-state index in [9.17, 15) is 0 Å². The molecule has 0 saturated heterocycles. The Morgan fingerprint density at radius 3 is 2.79 bits per heavy atom. The van der Waals surface area contributed by atoms with Gasteiger partial charge < -0.3 is 9.32 Å². The fraction of sp³-hybridized carbons (Fsp3) is 0.444. The molecule has 0 saturated carbocycles. The Morgan fingerprint density at radius 2 is 2.36 bits per heavy atom. The lowest BCUT2D eigenvalue weighted by Gasteiger charge is -2.18. The quantitative estimate of drug-likeness (QED) is 0.312. The average molecular weight is 196 g/mol. The highest BCUT2D eigenvalue weighted by Crippen LogP contribution is 2.08. The Bertz CT molecular complexity index is 318. The minimum absolute atomic E-state index is 0.624. The second-order valence-electron chi connectivity index (χ2n) is 3.06. The molecule has 3 N–H and O–H groups in total. The van der Waals surface area contributed by atoms with E-state index in [1.165, 1.54) is 0 Å². The molecular weight excluding hydrogens is 180 g/mol. The molecule has 0 aliphatic rings. The Balaban J connectivity index is 2.60. The van der Waals surface area contributed by atoms with Gasteiger partial charge in [0.1, 0.15) is 11.5 Å². The number of guanidine groups is 1. The third kappa shape index (κ3) is 2.50. The van der Waals surface area contributed by atoms with Crippen molar-refractivity contribution in [3.8, 4) is 0 Å². The van der Waals surface area contributed by atoms with Crippen molar-refractivity contribution in [1.29, 1.82) is 0 Å². The van der Waals surface area contributed by atoms with E-state index in [1.54, 1.807) is 7.05 Å². The number of nitrogens with one attached hydrogen (secondary N) is 1. The molecule has 0 aromatic carbocycles. The maximum atomic E-state index is 5.43. The Morgan fingerprint density at radius 1 is 1.64 bits per heavy atom. The number of hydrazine groups is 1. The van der Waals surface area contributed by atoms with E-state index >= 15 is 0 Å². The number of aliphatic imine (C=N–C) groups is 1. The molecule has 0 fully saturated rings. The van der Waals surface area contributed by atoms with Crippen LogP contribution in [0.1, 0.15) is 11.5 Å². The number of aryl methyl sites for hydroxylation is 1. The van der Waals surface area contributed by atoms with Crippen molar-refractivity contribution in [1.82, 2.24) is 10.3 Å². The first-order valence-electron chi connectivity index (χ1n) is 4.37. The van der Waals surface area contributed by atoms with Gasteiger partial charge in [-0.3, -0.25) is 10.4 Å². The molecule has 1 aromatic heterocycles. The van der Waals surface area contributed by atoms with E-state index in [0.717, 1.165) is 11.5 Å². The summed E-state index contributed by atoms with van der Waals surface area (Å²) in [5.41, 5.74) is 2.51. The molecule has 0 radical (unpaired) electrons. The molecule has 78 valence electrons. The summed E-state index contributed by atoms with van der Waals surface area (Å²) < 4.78 is 5.43. The molecule has 0 unspecified atom stereocenters. The fourth-order valence-electron chi connectivity index (χ4n) is 1.22. The molecule has 1 heterocycles. The van der Waals surface area contributed by atoms with Crippen LogP contribution >= 0.6 is 0 Å². The van der Waals surface area contributed by atoms with Crippen LogP contribution in [0.2, 0.25) is 0 Å². The van der Waals surface area contributed by atoms with E-state index in [-0.39, 0.29) is 0 Å². The van der Waals surface area contributed by atoms with Gasteiger partial charge in [-0.15, -0.1) is 0 Å². The summed E-state index contributed by atoms with van der Waals surface area (Å²) in [5, 5.41) is 0. The summed E-state index contributed by atoms with van der Waals surface area (Å²) in [4.78, 5) is 5.85. The highest BCUT2D eigenvalue weighted by atomic mass is 16.3. The van der Waals surface area contributed by atoms with Crippen molar-refractivity contribution in [2.45, 2.75) is 13.5 Å². The Hall–Kier alpha value is -1.49. The summed E-state index contributed by atoms with van der Waals surface area (Å²) >= 11 is 0. The zero-order valence-corrected chi connectivity index (χ0v) is 8.74. The number of nitrogens with two attached hydrogens (primary N) is 1. The van der Waals surface area contributed by atoms with Gasteiger partial charge in [-0.05, 0) is 19.1 Å². The summed E-state index contributed by atoms with van der Waals surface area (Å²) in [6.45, 7) is 2.56. The minimum atomic E-state index is 0.624. The third-order valence-electron chi connectivity index (χ3n) is 1.89. The maximum Gasteiger partial charge on any atom is 0.208 e. The van der Waals surface area contributed by atoms with E-state index < -0.39 is 0 Å². The van der Waals surface area contributed by atoms with Gasteiger partial charge in [0.05, 0.1) is 6.54 Å². The van der Waals surface area contributed by atoms with E-state index in [4.69, 9.17) is 10.3 Å². The zero-order chi connectivity index (χ0) is 10.6. The topological polar surface area (TPSA) is 66.8 Å². The van der Waals surface area contributed by atoms with Crippen LogP contribution in [0.3, 0.4) is 0 Å². The molecule has 0 amide bonds. The lowest BCUT2D eigenvalue weighted by Crippen LogP contribution is -2.42. The van der Waals surface area contributed by atoms with Gasteiger partial charge in [0.25, 0.3) is 0 Å². The predicted octanol–water partition coefficient (Wildman–Crippen LogP) is 0.469. The first-order chi connectivity index (χ1) is 6.67. The first-order valence-corrected chi connectivity index (χ1v) is 4.37. The van der Waals surface area contributed by atoms with Crippen molar-refractivity contribution < 1.29 is 4.42 Å². The van der Waals surface area contributed by atoms with Gasteiger partial charge in [-0.2, -0.15) is 0 Å². The third-order valence-corrected chi connectivity index (χ3v) is 1.89. The maximum absolute atomic E-state index is 5.43. The Kier molecular flexibility index (Phi) is 3.53. The zero-order valence-electron chi connectivity index (χ0n) is 8.74. The van der Waals surface area contributed by atoms with Crippen LogP contribution in [-0.2, 0) is 6.54 Å². The second-order valence-corrected chi connectivity index (χ2v) is 3.06. The monoisotopic (exact) mass is 196 g/mol. The minimum Gasteiger partial charge on any atom is -0.464 e. The number of hydrogen-bond donors (Lipinski definition) is 2. The van der Waals surface area contributed by atoms with Gasteiger partial charge in [0.15, 0.2) is 0 Å². The molecule has 0 bridgehead atoms. The van der Waals surface area contributed by atoms with Crippen LogP contribution in [0.5, 0.6) is 0 Å². The SMILES string of the molecule is CN=C(NN)N(C)Cc1ccc(C)o1. The van der Waals surface area contributed by atoms with Gasteiger partial charge in [0, 0.05) is 14.1 Å². The smallest absolute Gasteiger partial charge is 0.208 e. The van der Waals surface area contributed by atoms with Crippen LogP contribution < -0.4 is 11.3 Å². The molecule has 1 rings (SSSR count). The normalized spacial score (nSPS) is 11.6. The van der Waals surface area contributed by atoms with Crippen LogP contribution in [0.25, 0.3) is 0 Å². The molecule has 14 heavy (non-hydrogen) atoms. The van der Waals surface area contributed by atoms with Gasteiger partial charge in [-0.1, -0.05) is 0 Å². The fourth-order valence-corrected chi connectivity index (χ4v) is 1.22. The molecule has 0 spiro atoms. The van der Waals surface area contributed by atoms with Gasteiger partial charge in [0.2, 0.25) is 5.96 Å². The summed E-state index contributed by atoms with van der Waals surface area (Å²) in [6, 6.07) is 3.87. The van der Waals surface area contributed by atoms with Gasteiger partial charge >= 0.3 is 0 Å². The molecule has 0 aliphatic heterocycles. The van der Waals surface area contributed by atoms with Crippen molar-refractivity contribution >= 4 is 5.96 Å². The largest absolute Gasteiger partial charge is 0.464 e. The molecule has 0 atom stereocenters. The van der Waals surface area contributed by atoms with E-state index in [2.05, 4.69) is 10.4 Å². The standard InChI is InChI=1S/C9H16N4O/c1-7-4-5-8(14-7)6-13(3)9(11-2)12-10/h4-5H,6,10H2,1-3H3,(H,11,12). The summed E-state index contributed by atoms with van der Waals surface area (Å²) in [6.07, 6.45) is 0. The van der Waals surface area contributed by atoms with Crippen LogP contribution in [0.15, 0.2) is 21.5 Å². The lowest BCUT2D eigenvalue weighted by molar-refractivity contribution is 0.391. The van der Waals surface area contributed by atoms with Crippen molar-refractivity contribution in [3.05, 3.63) is 23.7 Å². The Labute approximate surface area is 83.6 Å². The summed E-state index contributed by atoms with van der Waals surface area (Å²) in [5.74, 6) is 7.71. The van der Waals surface area contributed by atoms with Crippen molar-refractivity contribution in [3.63, 3.8) is 0 Å². The molecule has 1 aromatic rings. The highest BCUT2D eigenvalue weighted by Gasteiger charge is 2.06. The molecule has 5 nitrogen and oxygen atoms in total. The number of hydrogen-bond acceptors (Lipinski definition) is 3. The van der Waals surface area contributed by atoms with Crippen LogP contribution in [0, 0.1) is 6.92 Å². The van der Waals surface area contributed by atoms with E-state index in [1.807, 2.05) is 31.0 Å². The lowest BCUT2D eigenvalue weighted by atomic mass is 10.4. The van der Waals surface area contributed by atoms with Crippen molar-refractivity contribution in [2.24, 2.45) is 10.8 Å². The van der Waals surface area contributed by atoms with Crippen LogP contribution in [-0.4, -0.2) is 25.0 Å². The first kappa shape index (κ1) is 10.6. The molecular formula is C9H16N4O. The predicted molar refractivity (Wildman–Crippen MR) is 55.6 cm³/mol. The number of rotatable bonds is 2. The number of nitrogens with zero attached hydrogens (tertiary/aromatic N) is 2. The average Bonchev–Trinajstić information content (AvgIpc) is 2.53. The van der Waals surface area contributed by atoms with Gasteiger partial charge in [-0.25, -0.2) is 5.84 Å². The summed E-state index contributed by atoms with van der Waals surface area (Å²) in [7, 11) is 3.57.